The standard InChI is InChI=1S/C10H12FN3O2/c1-6-4-7(11)2-3-8(6)16-9(15)5-14-10(12)13/h2-4H,5H2,1H3,(H4,12,13,14). The van der Waals surface area contributed by atoms with Crippen molar-refractivity contribution in [3.05, 3.63) is 29.6 Å². The van der Waals surface area contributed by atoms with Crippen molar-refractivity contribution in [2.45, 2.75) is 6.92 Å². The van der Waals surface area contributed by atoms with Crippen LogP contribution in [0.15, 0.2) is 23.2 Å². The Balaban J connectivity index is 2.66. The second-order valence-electron chi connectivity index (χ2n) is 3.12. The highest BCUT2D eigenvalue weighted by Gasteiger charge is 2.07. The van der Waals surface area contributed by atoms with Gasteiger partial charge in [0.25, 0.3) is 0 Å². The predicted octanol–water partition coefficient (Wildman–Crippen LogP) is 0.313. The molecule has 0 amide bonds. The van der Waals surface area contributed by atoms with Crippen LogP contribution in [0.5, 0.6) is 5.75 Å². The molecule has 0 atom stereocenters. The van der Waals surface area contributed by atoms with Crippen LogP contribution in [0.2, 0.25) is 0 Å². The molecule has 1 aromatic rings. The van der Waals surface area contributed by atoms with Crippen LogP contribution in [0, 0.1) is 12.7 Å². The third-order valence-corrected chi connectivity index (χ3v) is 1.75. The van der Waals surface area contributed by atoms with Gasteiger partial charge in [-0.2, -0.15) is 0 Å². The molecule has 0 aliphatic heterocycles. The summed E-state index contributed by atoms with van der Waals surface area (Å²) in [6.07, 6.45) is 0. The van der Waals surface area contributed by atoms with E-state index in [1.54, 1.807) is 6.92 Å². The van der Waals surface area contributed by atoms with Gasteiger partial charge in [-0.1, -0.05) is 0 Å². The summed E-state index contributed by atoms with van der Waals surface area (Å²) in [5.74, 6) is -0.894. The van der Waals surface area contributed by atoms with E-state index in [4.69, 9.17) is 16.2 Å². The number of esters is 1. The predicted molar refractivity (Wildman–Crippen MR) is 57.4 cm³/mol. The molecule has 0 heterocycles. The van der Waals surface area contributed by atoms with Gasteiger partial charge in [-0.25, -0.2) is 14.2 Å². The number of rotatable bonds is 3. The normalized spacial score (nSPS) is 9.62. The minimum Gasteiger partial charge on any atom is -0.425 e. The molecule has 0 radical (unpaired) electrons. The topological polar surface area (TPSA) is 90.7 Å². The highest BCUT2D eigenvalue weighted by Crippen LogP contribution is 2.18. The first-order valence-corrected chi connectivity index (χ1v) is 4.51. The summed E-state index contributed by atoms with van der Waals surface area (Å²) >= 11 is 0. The number of nitrogens with zero attached hydrogens (tertiary/aromatic N) is 1. The summed E-state index contributed by atoms with van der Waals surface area (Å²) < 4.78 is 17.7. The Labute approximate surface area is 91.9 Å². The van der Waals surface area contributed by atoms with Gasteiger partial charge >= 0.3 is 5.97 Å². The average molecular weight is 225 g/mol. The monoisotopic (exact) mass is 225 g/mol. The number of carbonyl (C=O) groups excluding carboxylic acids is 1. The Morgan fingerprint density at radius 1 is 1.50 bits per heavy atom. The smallest absolute Gasteiger partial charge is 0.333 e. The zero-order chi connectivity index (χ0) is 12.1. The highest BCUT2D eigenvalue weighted by atomic mass is 19.1. The zero-order valence-electron chi connectivity index (χ0n) is 8.74. The lowest BCUT2D eigenvalue weighted by atomic mass is 10.2. The molecule has 16 heavy (non-hydrogen) atoms. The van der Waals surface area contributed by atoms with Gasteiger partial charge in [-0.3, -0.25) is 0 Å². The van der Waals surface area contributed by atoms with Crippen LogP contribution in [0.4, 0.5) is 4.39 Å². The van der Waals surface area contributed by atoms with Gasteiger partial charge in [-0.15, -0.1) is 0 Å². The summed E-state index contributed by atoms with van der Waals surface area (Å²) in [6.45, 7) is 1.37. The second kappa shape index (κ2) is 5.11. The fourth-order valence-corrected chi connectivity index (χ4v) is 1.04. The van der Waals surface area contributed by atoms with E-state index in [0.717, 1.165) is 0 Å². The molecule has 0 bridgehead atoms. The van der Waals surface area contributed by atoms with E-state index in [1.807, 2.05) is 0 Å². The number of hydrogen-bond acceptors (Lipinski definition) is 3. The van der Waals surface area contributed by atoms with Crippen LogP contribution in [0.25, 0.3) is 0 Å². The number of carbonyl (C=O) groups is 1. The Hall–Kier alpha value is -2.11. The summed E-state index contributed by atoms with van der Waals surface area (Å²) in [5.41, 5.74) is 10.6. The maximum Gasteiger partial charge on any atom is 0.333 e. The molecule has 4 N–H and O–H groups in total. The number of halogens is 1. The molecule has 5 nitrogen and oxygen atoms in total. The highest BCUT2D eigenvalue weighted by molar-refractivity contribution is 5.81. The first-order chi connectivity index (χ1) is 7.49. The first kappa shape index (κ1) is 12.0. The van der Waals surface area contributed by atoms with Gasteiger partial charge in [0.05, 0.1) is 0 Å². The van der Waals surface area contributed by atoms with Gasteiger partial charge in [0.15, 0.2) is 5.96 Å². The average Bonchev–Trinajstić information content (AvgIpc) is 2.19. The van der Waals surface area contributed by atoms with E-state index in [9.17, 15) is 9.18 Å². The third-order valence-electron chi connectivity index (χ3n) is 1.75. The molecule has 0 saturated carbocycles. The van der Waals surface area contributed by atoms with Crippen molar-refractivity contribution in [2.75, 3.05) is 6.54 Å². The molecule has 0 spiro atoms. The van der Waals surface area contributed by atoms with Crippen LogP contribution in [0.1, 0.15) is 5.56 Å². The molecule has 0 aliphatic rings. The number of ether oxygens (including phenoxy) is 1. The van der Waals surface area contributed by atoms with Crippen molar-refractivity contribution < 1.29 is 13.9 Å². The van der Waals surface area contributed by atoms with E-state index < -0.39 is 5.97 Å². The summed E-state index contributed by atoms with van der Waals surface area (Å²) in [4.78, 5) is 14.7. The van der Waals surface area contributed by atoms with E-state index in [0.29, 0.717) is 5.56 Å². The quantitative estimate of drug-likeness (QED) is 0.335. The molecule has 0 unspecified atom stereocenters. The van der Waals surface area contributed by atoms with Crippen LogP contribution < -0.4 is 16.2 Å². The Morgan fingerprint density at radius 2 is 2.19 bits per heavy atom. The van der Waals surface area contributed by atoms with Gasteiger partial charge in [0.1, 0.15) is 18.1 Å². The SMILES string of the molecule is Cc1cc(F)ccc1OC(=O)CN=C(N)N. The third kappa shape index (κ3) is 3.56. The Morgan fingerprint density at radius 3 is 2.75 bits per heavy atom. The van der Waals surface area contributed by atoms with E-state index in [-0.39, 0.29) is 24.1 Å². The summed E-state index contributed by atoms with van der Waals surface area (Å²) in [5, 5.41) is 0. The molecule has 6 heteroatoms. The Kier molecular flexibility index (Phi) is 3.82. The van der Waals surface area contributed by atoms with E-state index in [1.165, 1.54) is 18.2 Å². The Bertz CT molecular complexity index is 428. The van der Waals surface area contributed by atoms with E-state index >= 15 is 0 Å². The largest absolute Gasteiger partial charge is 0.425 e. The number of benzene rings is 1. The minimum atomic E-state index is -0.608. The number of guanidine groups is 1. The van der Waals surface area contributed by atoms with Crippen LogP contribution >= 0.6 is 0 Å². The number of aliphatic imine (C=N–C) groups is 1. The van der Waals surface area contributed by atoms with Crippen LogP contribution in [0.3, 0.4) is 0 Å². The van der Waals surface area contributed by atoms with Gasteiger partial charge in [0, 0.05) is 0 Å². The lowest BCUT2D eigenvalue weighted by Gasteiger charge is -2.05. The van der Waals surface area contributed by atoms with Crippen LogP contribution in [-0.4, -0.2) is 18.5 Å². The van der Waals surface area contributed by atoms with Crippen molar-refractivity contribution in [3.8, 4) is 5.75 Å². The van der Waals surface area contributed by atoms with Crippen molar-refractivity contribution in [2.24, 2.45) is 16.5 Å². The van der Waals surface area contributed by atoms with Gasteiger partial charge in [-0.05, 0) is 30.7 Å². The number of hydrogen-bond donors (Lipinski definition) is 2. The van der Waals surface area contributed by atoms with Crippen molar-refractivity contribution in [1.29, 1.82) is 0 Å². The van der Waals surface area contributed by atoms with Crippen molar-refractivity contribution >= 4 is 11.9 Å². The fourth-order valence-electron chi connectivity index (χ4n) is 1.04. The molecule has 0 aromatic heterocycles. The zero-order valence-corrected chi connectivity index (χ0v) is 8.74. The van der Waals surface area contributed by atoms with Crippen molar-refractivity contribution in [3.63, 3.8) is 0 Å². The lowest BCUT2D eigenvalue weighted by molar-refractivity contribution is -0.132. The maximum atomic E-state index is 12.7. The number of nitrogens with two attached hydrogens (primary N) is 2. The molecule has 0 aliphatic carbocycles. The summed E-state index contributed by atoms with van der Waals surface area (Å²) in [7, 11) is 0. The molecular formula is C10H12FN3O2. The molecule has 0 saturated heterocycles. The van der Waals surface area contributed by atoms with Crippen LogP contribution in [-0.2, 0) is 4.79 Å². The van der Waals surface area contributed by atoms with Gasteiger partial charge < -0.3 is 16.2 Å². The molecular weight excluding hydrogens is 213 g/mol. The second-order valence-corrected chi connectivity index (χ2v) is 3.12. The summed E-state index contributed by atoms with van der Waals surface area (Å²) in [6, 6.07) is 3.84. The minimum absolute atomic E-state index is 0.187. The molecule has 0 fully saturated rings. The number of aryl methyl sites for hydroxylation is 1. The lowest BCUT2D eigenvalue weighted by Crippen LogP contribution is -2.25. The maximum absolute atomic E-state index is 12.7. The first-order valence-electron chi connectivity index (χ1n) is 4.51. The molecule has 1 aromatic carbocycles. The molecule has 1 rings (SSSR count). The van der Waals surface area contributed by atoms with E-state index in [2.05, 4.69) is 4.99 Å². The van der Waals surface area contributed by atoms with Gasteiger partial charge in [0.2, 0.25) is 0 Å². The molecule has 86 valence electrons. The fraction of sp³-hybridized carbons (Fsp3) is 0.200. The van der Waals surface area contributed by atoms with Crippen molar-refractivity contribution in [1.82, 2.24) is 0 Å².